The molecule has 0 saturated heterocycles. The van der Waals surface area contributed by atoms with E-state index in [1.54, 1.807) is 18.3 Å². The first-order valence-electron chi connectivity index (χ1n) is 9.36. The van der Waals surface area contributed by atoms with Crippen molar-refractivity contribution >= 4 is 32.5 Å². The second-order valence-electron chi connectivity index (χ2n) is 6.56. The van der Waals surface area contributed by atoms with Crippen molar-refractivity contribution in [1.82, 2.24) is 4.57 Å². The normalized spacial score (nSPS) is 11.2. The highest BCUT2D eigenvalue weighted by Gasteiger charge is 2.23. The molecule has 0 aliphatic carbocycles. The smallest absolute Gasteiger partial charge is 0.339 e. The summed E-state index contributed by atoms with van der Waals surface area (Å²) >= 11 is 0. The number of para-hydroxylation sites is 1. The molecular formula is C22H20N2O5S. The average molecular weight is 424 g/mol. The number of benzene rings is 2. The number of aryl methyl sites for hydroxylation is 1. The van der Waals surface area contributed by atoms with Crippen LogP contribution in [0.25, 0.3) is 10.9 Å². The lowest BCUT2D eigenvalue weighted by atomic mass is 10.1. The number of carbonyl (C=O) groups excluding carboxylic acids is 2. The fourth-order valence-electron chi connectivity index (χ4n) is 3.17. The predicted octanol–water partition coefficient (Wildman–Crippen LogP) is 3.39. The number of carbonyl (C=O) groups is 2. The monoisotopic (exact) mass is 424 g/mol. The molecule has 0 bridgehead atoms. The van der Waals surface area contributed by atoms with Gasteiger partial charge in [0.25, 0.3) is 0 Å². The van der Waals surface area contributed by atoms with Gasteiger partial charge in [0.2, 0.25) is 5.78 Å². The largest absolute Gasteiger partial charge is 0.454 e. The summed E-state index contributed by atoms with van der Waals surface area (Å²) in [5.74, 6) is -1.44. The van der Waals surface area contributed by atoms with Gasteiger partial charge in [-0.1, -0.05) is 37.3 Å². The van der Waals surface area contributed by atoms with Crippen molar-refractivity contribution in [2.45, 2.75) is 24.8 Å². The Kier molecular flexibility index (Phi) is 6.33. The summed E-state index contributed by atoms with van der Waals surface area (Å²) in [5.41, 5.74) is 1.09. The summed E-state index contributed by atoms with van der Waals surface area (Å²) in [7, 11) is -3.61. The topological polar surface area (TPSA) is 106 Å². The van der Waals surface area contributed by atoms with Gasteiger partial charge in [-0.2, -0.15) is 5.26 Å². The van der Waals surface area contributed by atoms with E-state index in [0.717, 1.165) is 5.52 Å². The van der Waals surface area contributed by atoms with Gasteiger partial charge in [-0.05, 0) is 18.2 Å². The molecule has 0 aliphatic heterocycles. The number of nitriles is 1. The third-order valence-corrected chi connectivity index (χ3v) is 6.50. The molecule has 154 valence electrons. The van der Waals surface area contributed by atoms with Gasteiger partial charge < -0.3 is 9.30 Å². The number of esters is 1. The van der Waals surface area contributed by atoms with Crippen LogP contribution in [0.3, 0.4) is 0 Å². The van der Waals surface area contributed by atoms with Gasteiger partial charge in [-0.3, -0.25) is 4.79 Å². The minimum atomic E-state index is -3.61. The van der Waals surface area contributed by atoms with E-state index >= 15 is 0 Å². The molecule has 3 aromatic rings. The van der Waals surface area contributed by atoms with Crippen LogP contribution in [-0.2, 0) is 21.1 Å². The highest BCUT2D eigenvalue weighted by Crippen LogP contribution is 2.23. The molecule has 1 heterocycles. The van der Waals surface area contributed by atoms with Gasteiger partial charge in [0.15, 0.2) is 16.4 Å². The van der Waals surface area contributed by atoms with Crippen molar-refractivity contribution in [1.29, 1.82) is 5.26 Å². The number of rotatable bonds is 8. The summed E-state index contributed by atoms with van der Waals surface area (Å²) in [6, 6.07) is 15.1. The van der Waals surface area contributed by atoms with Crippen molar-refractivity contribution in [3.05, 3.63) is 65.9 Å². The molecule has 30 heavy (non-hydrogen) atoms. The number of nitrogens with zero attached hydrogens (tertiary/aromatic N) is 2. The summed E-state index contributed by atoms with van der Waals surface area (Å²) in [6.45, 7) is 1.40. The van der Waals surface area contributed by atoms with E-state index in [4.69, 9.17) is 10.00 Å². The first-order chi connectivity index (χ1) is 14.4. The Hall–Kier alpha value is -3.44. The SMILES string of the molecule is CCS(=O)(=O)c1ccccc1C(=O)OCC(=O)c1cn(CCC#N)c2ccccc12. The van der Waals surface area contributed by atoms with Crippen LogP contribution in [0.1, 0.15) is 34.1 Å². The Morgan fingerprint density at radius 1 is 1.07 bits per heavy atom. The van der Waals surface area contributed by atoms with E-state index in [-0.39, 0.29) is 16.2 Å². The Morgan fingerprint density at radius 2 is 1.77 bits per heavy atom. The molecule has 7 nitrogen and oxygen atoms in total. The summed E-state index contributed by atoms with van der Waals surface area (Å²) in [5, 5.41) is 9.54. The lowest BCUT2D eigenvalue weighted by Crippen LogP contribution is -2.17. The Labute approximate surface area is 174 Å². The maximum atomic E-state index is 12.7. The Morgan fingerprint density at radius 3 is 2.50 bits per heavy atom. The molecule has 0 amide bonds. The molecule has 0 spiro atoms. The van der Waals surface area contributed by atoms with Crippen LogP contribution in [-0.4, -0.2) is 37.1 Å². The second-order valence-corrected chi connectivity index (χ2v) is 8.81. The zero-order valence-corrected chi connectivity index (χ0v) is 17.2. The van der Waals surface area contributed by atoms with Crippen molar-refractivity contribution in [3.8, 4) is 6.07 Å². The fraction of sp³-hybridized carbons (Fsp3) is 0.227. The predicted molar refractivity (Wildman–Crippen MR) is 111 cm³/mol. The number of fused-ring (bicyclic) bond motifs is 1. The van der Waals surface area contributed by atoms with Crippen molar-refractivity contribution in [3.63, 3.8) is 0 Å². The zero-order valence-electron chi connectivity index (χ0n) is 16.4. The van der Waals surface area contributed by atoms with E-state index < -0.39 is 28.2 Å². The molecule has 2 aromatic carbocycles. The van der Waals surface area contributed by atoms with Gasteiger partial charge in [-0.25, -0.2) is 13.2 Å². The number of Topliss-reactive ketones (excluding diaryl/α,β-unsaturated/α-hetero) is 1. The summed E-state index contributed by atoms with van der Waals surface area (Å²) in [6.07, 6.45) is 1.94. The van der Waals surface area contributed by atoms with E-state index in [9.17, 15) is 18.0 Å². The minimum Gasteiger partial charge on any atom is -0.454 e. The van der Waals surface area contributed by atoms with Crippen LogP contribution >= 0.6 is 0 Å². The van der Waals surface area contributed by atoms with Crippen LogP contribution in [0.15, 0.2) is 59.6 Å². The molecule has 0 radical (unpaired) electrons. The van der Waals surface area contributed by atoms with Crippen LogP contribution in [0, 0.1) is 11.3 Å². The zero-order chi connectivity index (χ0) is 21.7. The first kappa shape index (κ1) is 21.3. The summed E-state index contributed by atoms with van der Waals surface area (Å²) in [4.78, 5) is 25.1. The van der Waals surface area contributed by atoms with Crippen molar-refractivity contribution < 1.29 is 22.7 Å². The minimum absolute atomic E-state index is 0.0939. The average Bonchev–Trinajstić information content (AvgIpc) is 3.14. The van der Waals surface area contributed by atoms with E-state index in [1.807, 2.05) is 16.7 Å². The van der Waals surface area contributed by atoms with Gasteiger partial charge in [0.05, 0.1) is 28.7 Å². The molecule has 0 atom stereocenters. The lowest BCUT2D eigenvalue weighted by Gasteiger charge is -2.09. The molecule has 0 unspecified atom stereocenters. The van der Waals surface area contributed by atoms with Gasteiger partial charge in [0, 0.05) is 29.2 Å². The fourth-order valence-corrected chi connectivity index (χ4v) is 4.26. The van der Waals surface area contributed by atoms with Crippen LogP contribution in [0.5, 0.6) is 0 Å². The number of sulfone groups is 1. The van der Waals surface area contributed by atoms with Crippen LogP contribution in [0.2, 0.25) is 0 Å². The maximum absolute atomic E-state index is 12.7. The third-order valence-electron chi connectivity index (χ3n) is 4.71. The Balaban J connectivity index is 1.82. The Bertz CT molecular complexity index is 1250. The quantitative estimate of drug-likeness (QED) is 0.405. The molecule has 1 aromatic heterocycles. The lowest BCUT2D eigenvalue weighted by molar-refractivity contribution is 0.0471. The molecule has 0 aliphatic rings. The number of aromatic nitrogens is 1. The van der Waals surface area contributed by atoms with E-state index in [2.05, 4.69) is 6.07 Å². The highest BCUT2D eigenvalue weighted by molar-refractivity contribution is 7.91. The molecular weight excluding hydrogens is 404 g/mol. The van der Waals surface area contributed by atoms with Gasteiger partial charge >= 0.3 is 5.97 Å². The van der Waals surface area contributed by atoms with E-state index in [0.29, 0.717) is 23.9 Å². The number of ketones is 1. The number of ether oxygens (including phenoxy) is 1. The van der Waals surface area contributed by atoms with E-state index in [1.165, 1.54) is 31.2 Å². The standard InChI is InChI=1S/C22H20N2O5S/c1-2-30(27,28)21-11-6-4-9-17(21)22(26)29-15-20(25)18-14-24(13-7-12-23)19-10-5-3-8-16(18)19/h3-6,8-11,14H,2,7,13,15H2,1H3. The van der Waals surface area contributed by atoms with Crippen molar-refractivity contribution in [2.75, 3.05) is 12.4 Å². The molecule has 3 rings (SSSR count). The van der Waals surface area contributed by atoms with Crippen LogP contribution in [0.4, 0.5) is 0 Å². The molecule has 0 saturated carbocycles. The number of hydrogen-bond donors (Lipinski definition) is 0. The third kappa shape index (κ3) is 4.26. The summed E-state index contributed by atoms with van der Waals surface area (Å²) < 4.78 is 31.4. The van der Waals surface area contributed by atoms with Gasteiger partial charge in [-0.15, -0.1) is 0 Å². The second kappa shape index (κ2) is 8.93. The molecule has 8 heteroatoms. The molecule has 0 N–H and O–H groups in total. The first-order valence-corrected chi connectivity index (χ1v) is 11.0. The van der Waals surface area contributed by atoms with Gasteiger partial charge in [0.1, 0.15) is 0 Å². The molecule has 0 fully saturated rings. The van der Waals surface area contributed by atoms with Crippen LogP contribution < -0.4 is 0 Å². The maximum Gasteiger partial charge on any atom is 0.339 e. The highest BCUT2D eigenvalue weighted by atomic mass is 32.2. The van der Waals surface area contributed by atoms with Crippen molar-refractivity contribution in [2.24, 2.45) is 0 Å². The number of hydrogen-bond acceptors (Lipinski definition) is 6.